The highest BCUT2D eigenvalue weighted by Gasteiger charge is 2.25. The first-order chi connectivity index (χ1) is 12.1. The minimum Gasteiger partial charge on any atom is -0.375 e. The molecule has 2 fully saturated rings. The van der Waals surface area contributed by atoms with E-state index in [0.717, 1.165) is 30.4 Å². The number of carbonyl (C=O) groups is 1. The number of thiophene rings is 1. The smallest absolute Gasteiger partial charge is 0.236 e. The van der Waals surface area contributed by atoms with E-state index in [-0.39, 0.29) is 5.91 Å². The molecule has 1 aromatic heterocycles. The molecule has 2 aliphatic rings. The molecule has 1 aliphatic heterocycles. The molecule has 0 N–H and O–H groups in total. The van der Waals surface area contributed by atoms with Crippen LogP contribution < -0.4 is 0 Å². The minimum absolute atomic E-state index is 0.205. The summed E-state index contributed by atoms with van der Waals surface area (Å²) in [5.41, 5.74) is 0. The van der Waals surface area contributed by atoms with E-state index in [4.69, 9.17) is 4.74 Å². The zero-order valence-electron chi connectivity index (χ0n) is 15.1. The molecular formula is C19H29BrN2O2S. The second kappa shape index (κ2) is 9.49. The van der Waals surface area contributed by atoms with Gasteiger partial charge in [-0.25, -0.2) is 0 Å². The summed E-state index contributed by atoms with van der Waals surface area (Å²) in [6.45, 7) is 3.17. The lowest BCUT2D eigenvalue weighted by Crippen LogP contribution is -2.44. The maximum Gasteiger partial charge on any atom is 0.236 e. The van der Waals surface area contributed by atoms with Gasteiger partial charge in [0.05, 0.1) is 25.3 Å². The number of rotatable bonds is 6. The van der Waals surface area contributed by atoms with Gasteiger partial charge in [0.15, 0.2) is 0 Å². The van der Waals surface area contributed by atoms with Crippen LogP contribution in [0.2, 0.25) is 0 Å². The Kier molecular flexibility index (Phi) is 7.34. The summed E-state index contributed by atoms with van der Waals surface area (Å²) in [5, 5.41) is 2.06. The molecule has 1 aromatic rings. The third-order valence-corrected chi connectivity index (χ3v) is 6.95. The number of hydrogen-bond acceptors (Lipinski definition) is 4. The van der Waals surface area contributed by atoms with Crippen LogP contribution in [0.3, 0.4) is 0 Å². The summed E-state index contributed by atoms with van der Waals surface area (Å²) in [6, 6.07) is 2.09. The molecule has 1 saturated carbocycles. The first kappa shape index (κ1) is 19.3. The number of likely N-dealkylation sites (tertiary alicyclic amines) is 1. The Morgan fingerprint density at radius 2 is 1.92 bits per heavy atom. The second-order valence-corrected chi connectivity index (χ2v) is 9.26. The molecule has 0 radical (unpaired) electrons. The fourth-order valence-electron chi connectivity index (χ4n) is 3.75. The van der Waals surface area contributed by atoms with E-state index in [9.17, 15) is 4.79 Å². The number of likely N-dealkylation sites (N-methyl/N-ethyl adjacent to an activating group) is 1. The van der Waals surface area contributed by atoms with E-state index in [1.54, 1.807) is 11.3 Å². The lowest BCUT2D eigenvalue weighted by Gasteiger charge is -2.35. The Labute approximate surface area is 163 Å². The fourth-order valence-corrected chi connectivity index (χ4v) is 5.25. The first-order valence-corrected chi connectivity index (χ1v) is 11.1. The lowest BCUT2D eigenvalue weighted by molar-refractivity contribution is -0.132. The maximum atomic E-state index is 12.5. The average Bonchev–Trinajstić information content (AvgIpc) is 3.02. The third-order valence-electron chi connectivity index (χ3n) is 5.27. The van der Waals surface area contributed by atoms with Crippen LogP contribution in [0, 0.1) is 0 Å². The van der Waals surface area contributed by atoms with E-state index < -0.39 is 0 Å². The number of hydrogen-bond donors (Lipinski definition) is 0. The number of carbonyl (C=O) groups excluding carboxylic acids is 1. The predicted molar refractivity (Wildman–Crippen MR) is 106 cm³/mol. The van der Waals surface area contributed by atoms with E-state index in [2.05, 4.69) is 32.3 Å². The van der Waals surface area contributed by atoms with Crippen molar-refractivity contribution in [1.29, 1.82) is 0 Å². The highest BCUT2D eigenvalue weighted by atomic mass is 79.9. The molecule has 0 aromatic carbocycles. The van der Waals surface area contributed by atoms with Gasteiger partial charge in [-0.3, -0.25) is 9.69 Å². The molecule has 1 saturated heterocycles. The van der Waals surface area contributed by atoms with Crippen molar-refractivity contribution >= 4 is 33.2 Å². The van der Waals surface area contributed by atoms with Gasteiger partial charge in [0, 0.05) is 34.9 Å². The van der Waals surface area contributed by atoms with Crippen molar-refractivity contribution in [3.05, 3.63) is 20.8 Å². The van der Waals surface area contributed by atoms with Crippen LogP contribution in [-0.4, -0.2) is 54.6 Å². The Balaban J connectivity index is 1.36. The highest BCUT2D eigenvalue weighted by Crippen LogP contribution is 2.25. The predicted octanol–water partition coefficient (Wildman–Crippen LogP) is 4.28. The Morgan fingerprint density at radius 1 is 1.24 bits per heavy atom. The zero-order valence-corrected chi connectivity index (χ0v) is 17.5. The number of halogens is 1. The van der Waals surface area contributed by atoms with Crippen molar-refractivity contribution in [2.45, 2.75) is 63.7 Å². The molecule has 4 nitrogen and oxygen atoms in total. The number of amides is 1. The van der Waals surface area contributed by atoms with Gasteiger partial charge in [-0.05, 0) is 47.7 Å². The van der Waals surface area contributed by atoms with Gasteiger partial charge in [-0.2, -0.15) is 0 Å². The minimum atomic E-state index is 0.205. The van der Waals surface area contributed by atoms with Crippen molar-refractivity contribution in [1.82, 2.24) is 9.80 Å². The first-order valence-electron chi connectivity index (χ1n) is 9.45. The summed E-state index contributed by atoms with van der Waals surface area (Å²) in [7, 11) is 1.90. The monoisotopic (exact) mass is 428 g/mol. The normalized spacial score (nSPS) is 20.7. The molecule has 1 amide bonds. The maximum absolute atomic E-state index is 12.5. The van der Waals surface area contributed by atoms with Crippen molar-refractivity contribution in [2.24, 2.45) is 0 Å². The van der Waals surface area contributed by atoms with Crippen LogP contribution in [0.1, 0.15) is 49.8 Å². The molecule has 25 heavy (non-hydrogen) atoms. The number of piperidine rings is 1. The van der Waals surface area contributed by atoms with E-state index in [1.165, 1.54) is 37.0 Å². The summed E-state index contributed by atoms with van der Waals surface area (Å²) in [6.07, 6.45) is 9.51. The molecule has 1 aliphatic carbocycles. The molecule has 2 heterocycles. The molecule has 3 rings (SSSR count). The van der Waals surface area contributed by atoms with Crippen LogP contribution >= 0.6 is 27.3 Å². The quantitative estimate of drug-likeness (QED) is 0.677. The average molecular weight is 429 g/mol. The highest BCUT2D eigenvalue weighted by molar-refractivity contribution is 9.10. The molecule has 0 spiro atoms. The van der Waals surface area contributed by atoms with E-state index in [1.807, 2.05) is 11.9 Å². The largest absolute Gasteiger partial charge is 0.375 e. The Hall–Kier alpha value is -0.430. The number of ether oxygens (including phenoxy) is 1. The molecule has 140 valence electrons. The van der Waals surface area contributed by atoms with Crippen LogP contribution in [0.25, 0.3) is 0 Å². The Bertz CT molecular complexity index is 551. The van der Waals surface area contributed by atoms with E-state index >= 15 is 0 Å². The molecule has 0 atom stereocenters. The van der Waals surface area contributed by atoms with Gasteiger partial charge in [-0.15, -0.1) is 11.3 Å². The van der Waals surface area contributed by atoms with Gasteiger partial charge in [0.25, 0.3) is 0 Å². The van der Waals surface area contributed by atoms with Gasteiger partial charge < -0.3 is 9.64 Å². The summed E-state index contributed by atoms with van der Waals surface area (Å²) >= 11 is 5.15. The van der Waals surface area contributed by atoms with Crippen molar-refractivity contribution in [3.8, 4) is 0 Å². The zero-order chi connectivity index (χ0) is 17.6. The molecule has 0 bridgehead atoms. The fraction of sp³-hybridized carbons (Fsp3) is 0.737. The molecule has 0 unspecified atom stereocenters. The summed E-state index contributed by atoms with van der Waals surface area (Å²) in [4.78, 5) is 17.8. The Morgan fingerprint density at radius 3 is 2.56 bits per heavy atom. The third kappa shape index (κ3) is 6.05. The van der Waals surface area contributed by atoms with Gasteiger partial charge in [-0.1, -0.05) is 19.3 Å². The summed E-state index contributed by atoms with van der Waals surface area (Å²) < 4.78 is 7.38. The molecular weight excluding hydrogens is 400 g/mol. The van der Waals surface area contributed by atoms with Crippen LogP contribution in [-0.2, 0) is 16.1 Å². The topological polar surface area (TPSA) is 32.8 Å². The van der Waals surface area contributed by atoms with Gasteiger partial charge in [0.2, 0.25) is 5.91 Å². The molecule has 6 heteroatoms. The second-order valence-electron chi connectivity index (χ2n) is 7.35. The standard InChI is InChI=1S/C19H29BrN2O2S/c1-21(12-18-11-15(20)14-25-18)19(23)13-22-9-7-17(8-10-22)24-16-5-3-2-4-6-16/h11,14,16-17H,2-10,12-13H2,1H3. The van der Waals surface area contributed by atoms with Gasteiger partial charge >= 0.3 is 0 Å². The lowest BCUT2D eigenvalue weighted by atomic mass is 9.97. The van der Waals surface area contributed by atoms with Crippen molar-refractivity contribution < 1.29 is 9.53 Å². The van der Waals surface area contributed by atoms with Crippen molar-refractivity contribution in [3.63, 3.8) is 0 Å². The van der Waals surface area contributed by atoms with Gasteiger partial charge in [0.1, 0.15) is 0 Å². The SMILES string of the molecule is CN(Cc1cc(Br)cs1)C(=O)CN1CCC(OC2CCCCC2)CC1. The van der Waals surface area contributed by atoms with E-state index in [0.29, 0.717) is 25.3 Å². The summed E-state index contributed by atoms with van der Waals surface area (Å²) in [5.74, 6) is 0.205. The van der Waals surface area contributed by atoms with Crippen LogP contribution in [0.15, 0.2) is 15.9 Å². The van der Waals surface area contributed by atoms with Crippen LogP contribution in [0.4, 0.5) is 0 Å². The number of nitrogens with zero attached hydrogens (tertiary/aromatic N) is 2. The van der Waals surface area contributed by atoms with Crippen LogP contribution in [0.5, 0.6) is 0 Å². The van der Waals surface area contributed by atoms with Crippen molar-refractivity contribution in [2.75, 3.05) is 26.7 Å².